The first-order chi connectivity index (χ1) is 13.2. The van der Waals surface area contributed by atoms with Gasteiger partial charge < -0.3 is 19.9 Å². The molecule has 2 rings (SSSR count). The van der Waals surface area contributed by atoms with Crippen molar-refractivity contribution in [1.29, 1.82) is 0 Å². The number of nitrogens with one attached hydrogen (secondary N) is 1. The van der Waals surface area contributed by atoms with E-state index >= 15 is 0 Å². The zero-order valence-corrected chi connectivity index (χ0v) is 16.4. The highest BCUT2D eigenvalue weighted by Gasteiger charge is 2.32. The Bertz CT molecular complexity index is 692. The lowest BCUT2D eigenvalue weighted by Crippen LogP contribution is -2.42. The Labute approximate surface area is 163 Å². The van der Waals surface area contributed by atoms with E-state index in [0.29, 0.717) is 44.2 Å². The predicted molar refractivity (Wildman–Crippen MR) is 101 cm³/mol. The second-order valence-electron chi connectivity index (χ2n) is 6.90. The van der Waals surface area contributed by atoms with Crippen LogP contribution in [0.1, 0.15) is 23.5 Å². The standard InChI is InChI=1S/C19H27F3N4O2/c1-25(2)17(27)12-24-18(23-8-10-28-3)26-9-7-15(13-26)14-5-4-6-16(11-14)19(20,21)22/h4-6,11,15H,7-10,12-13H2,1-3H3,(H,23,24). The highest BCUT2D eigenvalue weighted by atomic mass is 19.4. The van der Waals surface area contributed by atoms with E-state index in [9.17, 15) is 18.0 Å². The van der Waals surface area contributed by atoms with Gasteiger partial charge in [-0.3, -0.25) is 4.79 Å². The van der Waals surface area contributed by atoms with Crippen molar-refractivity contribution in [1.82, 2.24) is 15.1 Å². The number of benzene rings is 1. The summed E-state index contributed by atoms with van der Waals surface area (Å²) in [5, 5.41) is 3.16. The van der Waals surface area contributed by atoms with Gasteiger partial charge in [0.2, 0.25) is 5.91 Å². The number of carbonyl (C=O) groups is 1. The Hall–Kier alpha value is -2.29. The van der Waals surface area contributed by atoms with Gasteiger partial charge >= 0.3 is 6.18 Å². The quantitative estimate of drug-likeness (QED) is 0.452. The van der Waals surface area contributed by atoms with Crippen LogP contribution >= 0.6 is 0 Å². The number of alkyl halides is 3. The highest BCUT2D eigenvalue weighted by molar-refractivity contribution is 5.85. The van der Waals surface area contributed by atoms with Crippen molar-refractivity contribution in [2.45, 2.75) is 18.5 Å². The topological polar surface area (TPSA) is 57.2 Å². The minimum atomic E-state index is -4.35. The summed E-state index contributed by atoms with van der Waals surface area (Å²) in [6, 6.07) is 5.48. The van der Waals surface area contributed by atoms with Gasteiger partial charge in [0.15, 0.2) is 5.96 Å². The molecule has 1 aromatic rings. The number of likely N-dealkylation sites (tertiary alicyclic amines) is 1. The van der Waals surface area contributed by atoms with Crippen molar-refractivity contribution in [3.05, 3.63) is 35.4 Å². The van der Waals surface area contributed by atoms with Crippen LogP contribution in [-0.4, -0.2) is 75.7 Å². The molecule has 0 aromatic heterocycles. The molecule has 1 heterocycles. The van der Waals surface area contributed by atoms with Crippen LogP contribution in [0.2, 0.25) is 0 Å². The van der Waals surface area contributed by atoms with Crippen LogP contribution in [0.15, 0.2) is 29.3 Å². The van der Waals surface area contributed by atoms with Gasteiger partial charge in [-0.15, -0.1) is 0 Å². The molecule has 1 aliphatic heterocycles. The average Bonchev–Trinajstić information content (AvgIpc) is 3.13. The van der Waals surface area contributed by atoms with E-state index in [1.54, 1.807) is 27.3 Å². The minimum Gasteiger partial charge on any atom is -0.383 e. The molecule has 1 aromatic carbocycles. The fraction of sp³-hybridized carbons (Fsp3) is 0.579. The Morgan fingerprint density at radius 3 is 2.79 bits per heavy atom. The number of halogens is 3. The number of ether oxygens (including phenoxy) is 1. The van der Waals surface area contributed by atoms with Crippen molar-refractivity contribution < 1.29 is 22.7 Å². The summed E-state index contributed by atoms with van der Waals surface area (Å²) < 4.78 is 44.0. The van der Waals surface area contributed by atoms with Gasteiger partial charge in [-0.05, 0) is 18.1 Å². The summed E-state index contributed by atoms with van der Waals surface area (Å²) in [4.78, 5) is 19.7. The highest BCUT2D eigenvalue weighted by Crippen LogP contribution is 2.33. The number of hydrogen-bond donors (Lipinski definition) is 1. The smallest absolute Gasteiger partial charge is 0.383 e. The molecule has 6 nitrogen and oxygen atoms in total. The fourth-order valence-corrected chi connectivity index (χ4v) is 3.01. The summed E-state index contributed by atoms with van der Waals surface area (Å²) >= 11 is 0. The maximum absolute atomic E-state index is 13.0. The number of carbonyl (C=O) groups excluding carboxylic acids is 1. The lowest BCUT2D eigenvalue weighted by atomic mass is 9.96. The SMILES string of the molecule is COCCNC(=NCC(=O)N(C)C)N1CCC(c2cccc(C(F)(F)F)c2)C1. The fourth-order valence-electron chi connectivity index (χ4n) is 3.01. The molecular formula is C19H27F3N4O2. The number of nitrogens with zero attached hydrogens (tertiary/aromatic N) is 3. The van der Waals surface area contributed by atoms with Gasteiger partial charge in [-0.25, -0.2) is 4.99 Å². The average molecular weight is 400 g/mol. The van der Waals surface area contributed by atoms with Crippen LogP contribution in [0.4, 0.5) is 13.2 Å². The van der Waals surface area contributed by atoms with Crippen molar-refractivity contribution in [3.8, 4) is 0 Å². The van der Waals surface area contributed by atoms with E-state index in [-0.39, 0.29) is 18.4 Å². The van der Waals surface area contributed by atoms with Gasteiger partial charge in [0.05, 0.1) is 12.2 Å². The van der Waals surface area contributed by atoms with Crippen molar-refractivity contribution in [2.75, 3.05) is 54.0 Å². The number of hydrogen-bond acceptors (Lipinski definition) is 3. The normalized spacial score (nSPS) is 17.7. The Balaban J connectivity index is 2.10. The van der Waals surface area contributed by atoms with E-state index in [4.69, 9.17) is 4.74 Å². The van der Waals surface area contributed by atoms with Crippen LogP contribution in [-0.2, 0) is 15.7 Å². The molecule has 1 unspecified atom stereocenters. The summed E-state index contributed by atoms with van der Waals surface area (Å²) in [6.07, 6.45) is -3.64. The molecule has 28 heavy (non-hydrogen) atoms. The second kappa shape index (κ2) is 9.77. The number of amides is 1. The van der Waals surface area contributed by atoms with Crippen molar-refractivity contribution >= 4 is 11.9 Å². The van der Waals surface area contributed by atoms with Gasteiger partial charge in [-0.2, -0.15) is 13.2 Å². The van der Waals surface area contributed by atoms with Crippen LogP contribution in [0.3, 0.4) is 0 Å². The van der Waals surface area contributed by atoms with Crippen LogP contribution in [0.5, 0.6) is 0 Å². The molecule has 0 bridgehead atoms. The molecule has 1 amide bonds. The maximum atomic E-state index is 13.0. The summed E-state index contributed by atoms with van der Waals surface area (Å²) in [5.41, 5.74) is 0.0325. The van der Waals surface area contributed by atoms with E-state index in [0.717, 1.165) is 6.07 Å². The number of guanidine groups is 1. The Kier molecular flexibility index (Phi) is 7.68. The first kappa shape index (κ1) is 22.0. The molecular weight excluding hydrogens is 373 g/mol. The maximum Gasteiger partial charge on any atom is 0.416 e. The molecule has 0 spiro atoms. The number of methoxy groups -OCH3 is 1. The molecule has 0 saturated carbocycles. The predicted octanol–water partition coefficient (Wildman–Crippen LogP) is 2.17. The molecule has 9 heteroatoms. The van der Waals surface area contributed by atoms with E-state index in [1.165, 1.54) is 17.0 Å². The molecule has 1 saturated heterocycles. The molecule has 1 N–H and O–H groups in total. The first-order valence-corrected chi connectivity index (χ1v) is 9.12. The Morgan fingerprint density at radius 1 is 1.39 bits per heavy atom. The number of likely N-dealkylation sites (N-methyl/N-ethyl adjacent to an activating group) is 1. The van der Waals surface area contributed by atoms with Crippen molar-refractivity contribution in [3.63, 3.8) is 0 Å². The van der Waals surface area contributed by atoms with Crippen LogP contribution < -0.4 is 5.32 Å². The van der Waals surface area contributed by atoms with E-state index in [2.05, 4.69) is 10.3 Å². The monoisotopic (exact) mass is 400 g/mol. The zero-order valence-electron chi connectivity index (χ0n) is 16.4. The first-order valence-electron chi connectivity index (χ1n) is 9.12. The van der Waals surface area contributed by atoms with E-state index in [1.807, 2.05) is 4.90 Å². The largest absolute Gasteiger partial charge is 0.416 e. The number of aliphatic imine (C=N–C) groups is 1. The van der Waals surface area contributed by atoms with Gasteiger partial charge in [0.25, 0.3) is 0 Å². The lowest BCUT2D eigenvalue weighted by molar-refractivity contribution is -0.137. The second-order valence-corrected chi connectivity index (χ2v) is 6.90. The van der Waals surface area contributed by atoms with Gasteiger partial charge in [-0.1, -0.05) is 18.2 Å². The summed E-state index contributed by atoms with van der Waals surface area (Å²) in [5.74, 6) is 0.419. The van der Waals surface area contributed by atoms with Crippen molar-refractivity contribution in [2.24, 2.45) is 4.99 Å². The molecule has 156 valence electrons. The zero-order chi connectivity index (χ0) is 20.7. The van der Waals surface area contributed by atoms with Gasteiger partial charge in [0, 0.05) is 46.8 Å². The van der Waals surface area contributed by atoms with Gasteiger partial charge in [0.1, 0.15) is 6.54 Å². The van der Waals surface area contributed by atoms with E-state index < -0.39 is 11.7 Å². The summed E-state index contributed by atoms with van der Waals surface area (Å²) in [7, 11) is 4.92. The number of rotatable bonds is 6. The molecule has 0 aliphatic carbocycles. The van der Waals surface area contributed by atoms with Crippen LogP contribution in [0.25, 0.3) is 0 Å². The third-order valence-electron chi connectivity index (χ3n) is 4.63. The third-order valence-corrected chi connectivity index (χ3v) is 4.63. The molecule has 1 aliphatic rings. The molecule has 0 radical (unpaired) electrons. The Morgan fingerprint density at radius 2 is 2.14 bits per heavy atom. The lowest BCUT2D eigenvalue weighted by Gasteiger charge is -2.22. The van der Waals surface area contributed by atoms with Crippen LogP contribution in [0, 0.1) is 0 Å². The molecule has 1 fully saturated rings. The third kappa shape index (κ3) is 6.12. The summed E-state index contributed by atoms with van der Waals surface area (Å²) in [6.45, 7) is 2.20. The minimum absolute atomic E-state index is 0.00699. The molecule has 1 atom stereocenters.